The van der Waals surface area contributed by atoms with Crippen LogP contribution in [0.1, 0.15) is 37.8 Å². The third-order valence-corrected chi connectivity index (χ3v) is 7.95. The van der Waals surface area contributed by atoms with Crippen LogP contribution >= 0.6 is 0 Å². The number of halogens is 5. The second-order valence-corrected chi connectivity index (χ2v) is 11.6. The van der Waals surface area contributed by atoms with Crippen molar-refractivity contribution < 1.29 is 40.3 Å². The lowest BCUT2D eigenvalue weighted by molar-refractivity contribution is -0.271. The average molecular weight is 550 g/mol. The molecule has 0 fully saturated rings. The molecule has 0 bridgehead atoms. The van der Waals surface area contributed by atoms with E-state index in [1.807, 2.05) is 0 Å². The second kappa shape index (κ2) is 10.2. The number of amides is 1. The molecule has 0 saturated carbocycles. The number of hydrogen-bond acceptors (Lipinski definition) is 5. The smallest absolute Gasteiger partial charge is 0.374 e. The van der Waals surface area contributed by atoms with Gasteiger partial charge in [0.25, 0.3) is 10.0 Å². The molecule has 1 unspecified atom stereocenters. The van der Waals surface area contributed by atoms with Crippen LogP contribution < -0.4 is 15.4 Å². The summed E-state index contributed by atoms with van der Waals surface area (Å²) in [6.45, 7) is 1.36. The van der Waals surface area contributed by atoms with Crippen LogP contribution in [0, 0.1) is 5.82 Å². The van der Waals surface area contributed by atoms with Crippen LogP contribution in [0.15, 0.2) is 47.4 Å². The van der Waals surface area contributed by atoms with E-state index in [1.165, 1.54) is 0 Å². The summed E-state index contributed by atoms with van der Waals surface area (Å²) in [7, 11) is -4.41. The first kappa shape index (κ1) is 28.8. The van der Waals surface area contributed by atoms with Gasteiger partial charge in [-0.1, -0.05) is 12.1 Å². The molecule has 0 saturated heterocycles. The van der Waals surface area contributed by atoms with Gasteiger partial charge in [0.2, 0.25) is 11.5 Å². The van der Waals surface area contributed by atoms with Crippen molar-refractivity contribution in [2.75, 3.05) is 17.5 Å². The molecule has 3 rings (SSSR count). The number of carbonyl (C=O) groups is 1. The van der Waals surface area contributed by atoms with E-state index in [-0.39, 0.29) is 42.0 Å². The van der Waals surface area contributed by atoms with Crippen molar-refractivity contribution in [3.63, 3.8) is 0 Å². The summed E-state index contributed by atoms with van der Waals surface area (Å²) >= 11 is 0. The number of alkyl halides is 4. The Labute approximate surface area is 211 Å². The lowest BCUT2D eigenvalue weighted by atomic mass is 9.88. The van der Waals surface area contributed by atoms with Gasteiger partial charge in [0, 0.05) is 18.5 Å². The number of anilines is 1. The minimum absolute atomic E-state index is 0.0281. The zero-order valence-electron chi connectivity index (χ0n) is 20.1. The molecular formula is C24H28F5N3O4S. The molecule has 13 heteroatoms. The number of aliphatic hydroxyl groups is 1. The molecule has 37 heavy (non-hydrogen) atoms. The Hall–Kier alpha value is -2.77. The van der Waals surface area contributed by atoms with Gasteiger partial charge in [-0.2, -0.15) is 13.2 Å². The molecule has 1 amide bonds. The van der Waals surface area contributed by atoms with E-state index >= 15 is 0 Å². The molecule has 2 atom stereocenters. The summed E-state index contributed by atoms with van der Waals surface area (Å²) < 4.78 is 95.3. The molecule has 0 spiro atoms. The Bertz CT molecular complexity index is 1250. The van der Waals surface area contributed by atoms with Crippen molar-refractivity contribution in [2.45, 2.75) is 61.4 Å². The van der Waals surface area contributed by atoms with Gasteiger partial charge in [0.1, 0.15) is 12.5 Å². The van der Waals surface area contributed by atoms with Crippen LogP contribution in [-0.4, -0.2) is 50.4 Å². The van der Waals surface area contributed by atoms with Crippen molar-refractivity contribution in [1.29, 1.82) is 0 Å². The second-order valence-electron chi connectivity index (χ2n) is 9.75. The number of nitrogens with one attached hydrogen (secondary N) is 1. The molecule has 1 aliphatic rings. The summed E-state index contributed by atoms with van der Waals surface area (Å²) in [5, 5.41) is 12.7. The number of rotatable bonds is 8. The van der Waals surface area contributed by atoms with E-state index in [2.05, 4.69) is 5.32 Å². The lowest BCUT2D eigenvalue weighted by Gasteiger charge is -2.38. The molecule has 7 nitrogen and oxygen atoms in total. The first-order valence-corrected chi connectivity index (χ1v) is 12.8. The highest BCUT2D eigenvalue weighted by atomic mass is 32.2. The molecule has 0 aromatic heterocycles. The van der Waals surface area contributed by atoms with Crippen molar-refractivity contribution in [1.82, 2.24) is 5.32 Å². The predicted octanol–water partition coefficient (Wildman–Crippen LogP) is 3.30. The Morgan fingerprint density at radius 2 is 1.78 bits per heavy atom. The normalized spacial score (nSPS) is 18.2. The van der Waals surface area contributed by atoms with Gasteiger partial charge in [-0.3, -0.25) is 9.10 Å². The van der Waals surface area contributed by atoms with Crippen molar-refractivity contribution in [3.05, 3.63) is 59.4 Å². The molecule has 4 N–H and O–H groups in total. The highest BCUT2D eigenvalue weighted by molar-refractivity contribution is 7.92. The van der Waals surface area contributed by atoms with Gasteiger partial charge in [-0.15, -0.1) is 0 Å². The zero-order valence-corrected chi connectivity index (χ0v) is 21.0. The summed E-state index contributed by atoms with van der Waals surface area (Å²) in [5.41, 5.74) is 0.688. The molecule has 0 aliphatic carbocycles. The SMILES string of the molecule is CC(C)(N)CNC(=O)C[C@@H]1CCc2cc(C(O)(CF)C(F)(F)F)ccc2N1S(=O)(=O)c1ccc(F)cc1. The lowest BCUT2D eigenvalue weighted by Crippen LogP contribution is -2.49. The highest BCUT2D eigenvalue weighted by Crippen LogP contribution is 2.43. The van der Waals surface area contributed by atoms with Gasteiger partial charge < -0.3 is 16.2 Å². The maximum atomic E-state index is 13.6. The quantitative estimate of drug-likeness (QED) is 0.438. The Balaban J connectivity index is 2.07. The van der Waals surface area contributed by atoms with Gasteiger partial charge in [0.15, 0.2) is 0 Å². The fourth-order valence-corrected chi connectivity index (χ4v) is 5.77. The van der Waals surface area contributed by atoms with Crippen LogP contribution in [0.3, 0.4) is 0 Å². The first-order chi connectivity index (χ1) is 17.0. The largest absolute Gasteiger partial charge is 0.424 e. The fourth-order valence-electron chi connectivity index (χ4n) is 4.05. The maximum absolute atomic E-state index is 13.6. The molecule has 204 valence electrons. The number of hydrogen-bond donors (Lipinski definition) is 3. The molecule has 2 aromatic carbocycles. The van der Waals surface area contributed by atoms with Gasteiger partial charge in [-0.25, -0.2) is 17.2 Å². The third kappa shape index (κ3) is 6.04. The minimum atomic E-state index is -5.32. The van der Waals surface area contributed by atoms with E-state index < -0.39 is 57.3 Å². The summed E-state index contributed by atoms with van der Waals surface area (Å²) in [6, 6.07) is 5.79. The van der Waals surface area contributed by atoms with E-state index in [0.29, 0.717) is 0 Å². The highest BCUT2D eigenvalue weighted by Gasteiger charge is 2.55. The van der Waals surface area contributed by atoms with Crippen LogP contribution in [0.5, 0.6) is 0 Å². The number of carbonyl (C=O) groups excluding carboxylic acids is 1. The zero-order chi connectivity index (χ0) is 27.8. The summed E-state index contributed by atoms with van der Waals surface area (Å²) in [6.07, 6.45) is -5.51. The minimum Gasteiger partial charge on any atom is -0.374 e. The number of benzene rings is 2. The predicted molar refractivity (Wildman–Crippen MR) is 126 cm³/mol. The molecule has 2 aromatic rings. The van der Waals surface area contributed by atoms with E-state index in [1.54, 1.807) is 13.8 Å². The number of nitrogens with two attached hydrogens (primary N) is 1. The number of sulfonamides is 1. The third-order valence-electron chi connectivity index (χ3n) is 6.07. The van der Waals surface area contributed by atoms with Crippen LogP contribution in [0.2, 0.25) is 0 Å². The molecular weight excluding hydrogens is 521 g/mol. The van der Waals surface area contributed by atoms with E-state index in [9.17, 15) is 40.3 Å². The van der Waals surface area contributed by atoms with E-state index in [4.69, 9.17) is 5.73 Å². The first-order valence-electron chi connectivity index (χ1n) is 11.3. The van der Waals surface area contributed by atoms with Crippen LogP contribution in [-0.2, 0) is 26.8 Å². The number of fused-ring (bicyclic) bond motifs is 1. The monoisotopic (exact) mass is 549 g/mol. The Morgan fingerprint density at radius 3 is 2.32 bits per heavy atom. The fraction of sp³-hybridized carbons (Fsp3) is 0.458. The molecule has 0 radical (unpaired) electrons. The average Bonchev–Trinajstić information content (AvgIpc) is 2.80. The molecule has 1 aliphatic heterocycles. The van der Waals surface area contributed by atoms with Crippen LogP contribution in [0.4, 0.5) is 27.6 Å². The van der Waals surface area contributed by atoms with Crippen molar-refractivity contribution >= 4 is 21.6 Å². The van der Waals surface area contributed by atoms with Crippen molar-refractivity contribution in [3.8, 4) is 0 Å². The van der Waals surface area contributed by atoms with Gasteiger partial charge in [0.05, 0.1) is 16.6 Å². The van der Waals surface area contributed by atoms with Gasteiger partial charge >= 0.3 is 6.18 Å². The van der Waals surface area contributed by atoms with Crippen LogP contribution in [0.25, 0.3) is 0 Å². The topological polar surface area (TPSA) is 113 Å². The van der Waals surface area contributed by atoms with E-state index in [0.717, 1.165) is 46.8 Å². The number of nitrogens with zero attached hydrogens (tertiary/aromatic N) is 1. The Morgan fingerprint density at radius 1 is 1.16 bits per heavy atom. The summed E-state index contributed by atoms with van der Waals surface area (Å²) in [5.74, 6) is -1.17. The Kier molecular flexibility index (Phi) is 7.92. The standard InChI is InChI=1S/C24H28F5N3O4S/c1-22(2,30)14-31-21(33)12-18-7-3-15-11-16(23(34,13-25)24(27,28)29)4-10-20(15)32(18)37(35,36)19-8-5-17(26)6-9-19/h4-6,8-11,18,34H,3,7,12-14,30H2,1-2H3,(H,31,33)/t18-,23?/m0/s1. The maximum Gasteiger partial charge on any atom is 0.424 e. The van der Waals surface area contributed by atoms with Crippen molar-refractivity contribution in [2.24, 2.45) is 5.73 Å². The molecule has 1 heterocycles. The summed E-state index contributed by atoms with van der Waals surface area (Å²) in [4.78, 5) is 12.3. The van der Waals surface area contributed by atoms with Gasteiger partial charge in [-0.05, 0) is 68.1 Å². The number of aryl methyl sites for hydroxylation is 1.